The molecule has 13 heteroatoms. The largest absolute Gasteiger partial charge is 0.445 e. The first kappa shape index (κ1) is 38.1. The second-order valence-electron chi connectivity index (χ2n) is 12.4. The average molecular weight is 699 g/mol. The molecule has 51 heavy (non-hydrogen) atoms. The number of nitrogens with two attached hydrogens (primary N) is 1. The molecule has 13 nitrogen and oxygen atoms in total. The minimum atomic E-state index is -1.26. The van der Waals surface area contributed by atoms with Crippen LogP contribution in [0.3, 0.4) is 0 Å². The van der Waals surface area contributed by atoms with Gasteiger partial charge in [-0.25, -0.2) is 14.6 Å². The first-order valence-corrected chi connectivity index (χ1v) is 16.5. The van der Waals surface area contributed by atoms with Crippen molar-refractivity contribution in [3.8, 4) is 11.1 Å². The van der Waals surface area contributed by atoms with Crippen molar-refractivity contribution in [2.75, 3.05) is 19.8 Å². The highest BCUT2D eigenvalue weighted by Crippen LogP contribution is 2.32. The maximum absolute atomic E-state index is 14.0. The highest BCUT2D eigenvalue weighted by atomic mass is 16.7. The Morgan fingerprint density at radius 2 is 1.75 bits per heavy atom. The van der Waals surface area contributed by atoms with Gasteiger partial charge in [0.2, 0.25) is 6.29 Å². The molecule has 0 aliphatic heterocycles. The van der Waals surface area contributed by atoms with Crippen molar-refractivity contribution in [2.24, 2.45) is 22.6 Å². The molecular formula is C38H42N4O9. The van der Waals surface area contributed by atoms with Gasteiger partial charge in [-0.05, 0) is 66.1 Å². The van der Waals surface area contributed by atoms with Crippen LogP contribution in [0.2, 0.25) is 0 Å². The summed E-state index contributed by atoms with van der Waals surface area (Å²) in [5, 5.41) is 11.6. The van der Waals surface area contributed by atoms with Crippen molar-refractivity contribution in [2.45, 2.75) is 53.2 Å². The zero-order valence-electron chi connectivity index (χ0n) is 29.1. The van der Waals surface area contributed by atoms with Crippen LogP contribution in [-0.4, -0.2) is 71.7 Å². The fraction of sp³-hybridized carbons (Fsp3) is 0.342. The molecular weight excluding hydrogens is 656 g/mol. The van der Waals surface area contributed by atoms with Gasteiger partial charge in [0.15, 0.2) is 11.5 Å². The minimum absolute atomic E-state index is 0.0185. The Bertz CT molecular complexity index is 1850. The summed E-state index contributed by atoms with van der Waals surface area (Å²) in [5.41, 5.74) is 9.02. The van der Waals surface area contributed by atoms with Gasteiger partial charge in [-0.15, -0.1) is 0 Å². The van der Waals surface area contributed by atoms with Crippen molar-refractivity contribution in [3.05, 3.63) is 94.3 Å². The molecule has 1 saturated carbocycles. The lowest BCUT2D eigenvalue weighted by Gasteiger charge is -2.18. The van der Waals surface area contributed by atoms with Gasteiger partial charge in [0.25, 0.3) is 5.91 Å². The SMILES string of the molecule is C=Cc1cc(C(=O)Cc2ccc(C(N)=NC(=O)OCCO)cc2)c(-c2ccc(C(=O)NCC3CC3)nc2C(=O)OC(C)OC(=O)C(C)C)cc1C. The van der Waals surface area contributed by atoms with E-state index in [1.807, 2.05) is 6.92 Å². The number of Topliss-reactive ketones (excluding diaryl/α,β-unsaturated/α-hetero) is 1. The Balaban J connectivity index is 1.70. The van der Waals surface area contributed by atoms with Gasteiger partial charge in [0, 0.05) is 36.6 Å². The van der Waals surface area contributed by atoms with E-state index in [4.69, 9.17) is 25.1 Å². The number of nitrogens with zero attached hydrogens (tertiary/aromatic N) is 2. The molecule has 2 aromatic carbocycles. The highest BCUT2D eigenvalue weighted by Gasteiger charge is 2.27. The van der Waals surface area contributed by atoms with Gasteiger partial charge in [-0.1, -0.05) is 56.8 Å². The number of carbonyl (C=O) groups is 5. The Kier molecular flexibility index (Phi) is 12.9. The molecule has 1 heterocycles. The molecule has 1 aromatic heterocycles. The van der Waals surface area contributed by atoms with Gasteiger partial charge in [-0.3, -0.25) is 14.4 Å². The lowest BCUT2D eigenvalue weighted by atomic mass is 9.89. The summed E-state index contributed by atoms with van der Waals surface area (Å²) in [5.74, 6) is -2.43. The maximum atomic E-state index is 14.0. The number of rotatable bonds is 15. The van der Waals surface area contributed by atoms with Crippen molar-refractivity contribution in [1.29, 1.82) is 0 Å². The molecule has 1 fully saturated rings. The second-order valence-corrected chi connectivity index (χ2v) is 12.4. The molecule has 268 valence electrons. The van der Waals surface area contributed by atoms with E-state index < -0.39 is 36.1 Å². The number of aliphatic hydroxyl groups is 1. The van der Waals surface area contributed by atoms with E-state index in [2.05, 4.69) is 21.9 Å². The van der Waals surface area contributed by atoms with Crippen LogP contribution in [0.25, 0.3) is 17.2 Å². The number of amides is 2. The first-order valence-electron chi connectivity index (χ1n) is 16.5. The van der Waals surface area contributed by atoms with E-state index in [0.717, 1.165) is 18.4 Å². The number of aromatic nitrogens is 1. The number of aliphatic imine (C=N–C) groups is 1. The number of hydrogen-bond acceptors (Lipinski definition) is 10. The summed E-state index contributed by atoms with van der Waals surface area (Å²) in [6.45, 7) is 10.3. The molecule has 4 N–H and O–H groups in total. The maximum Gasteiger partial charge on any atom is 0.435 e. The van der Waals surface area contributed by atoms with Crippen LogP contribution in [0.15, 0.2) is 60.1 Å². The minimum Gasteiger partial charge on any atom is -0.445 e. The first-order chi connectivity index (χ1) is 24.3. The lowest BCUT2D eigenvalue weighted by molar-refractivity contribution is -0.169. The van der Waals surface area contributed by atoms with Gasteiger partial charge < -0.3 is 30.4 Å². The number of benzene rings is 2. The molecule has 0 spiro atoms. The quantitative estimate of drug-likeness (QED) is 0.0648. The van der Waals surface area contributed by atoms with E-state index in [-0.39, 0.29) is 53.8 Å². The zero-order valence-corrected chi connectivity index (χ0v) is 29.1. The number of esters is 2. The summed E-state index contributed by atoms with van der Waals surface area (Å²) >= 11 is 0. The van der Waals surface area contributed by atoms with Crippen LogP contribution < -0.4 is 11.1 Å². The summed E-state index contributed by atoms with van der Waals surface area (Å²) in [6.07, 6.45) is 1.42. The molecule has 2 amide bonds. The molecule has 1 atom stereocenters. The van der Waals surface area contributed by atoms with Crippen molar-refractivity contribution >= 4 is 41.6 Å². The van der Waals surface area contributed by atoms with Crippen molar-refractivity contribution in [3.63, 3.8) is 0 Å². The van der Waals surface area contributed by atoms with Gasteiger partial charge in [0.05, 0.1) is 12.5 Å². The Morgan fingerprint density at radius 3 is 2.37 bits per heavy atom. The van der Waals surface area contributed by atoms with Crippen LogP contribution in [0, 0.1) is 18.8 Å². The second kappa shape index (κ2) is 17.3. The molecule has 3 aromatic rings. The van der Waals surface area contributed by atoms with E-state index >= 15 is 0 Å². The molecule has 0 saturated heterocycles. The third-order valence-corrected chi connectivity index (χ3v) is 7.96. The highest BCUT2D eigenvalue weighted by molar-refractivity contribution is 6.07. The number of ether oxygens (including phenoxy) is 3. The third-order valence-electron chi connectivity index (χ3n) is 7.96. The summed E-state index contributed by atoms with van der Waals surface area (Å²) in [7, 11) is 0. The predicted molar refractivity (Wildman–Crippen MR) is 189 cm³/mol. The lowest BCUT2D eigenvalue weighted by Crippen LogP contribution is -2.28. The smallest absolute Gasteiger partial charge is 0.435 e. The monoisotopic (exact) mass is 698 g/mol. The Hall–Kier alpha value is -5.69. The van der Waals surface area contributed by atoms with E-state index in [0.29, 0.717) is 34.7 Å². The van der Waals surface area contributed by atoms with Gasteiger partial charge in [-0.2, -0.15) is 4.99 Å². The number of aliphatic hydroxyl groups excluding tert-OH is 1. The zero-order chi connectivity index (χ0) is 37.2. The van der Waals surface area contributed by atoms with Gasteiger partial charge >= 0.3 is 18.0 Å². The molecule has 1 unspecified atom stereocenters. The number of amidine groups is 1. The van der Waals surface area contributed by atoms with Crippen LogP contribution in [0.1, 0.15) is 87.2 Å². The number of pyridine rings is 1. The van der Waals surface area contributed by atoms with Crippen molar-refractivity contribution in [1.82, 2.24) is 10.3 Å². The van der Waals surface area contributed by atoms with E-state index in [9.17, 15) is 24.0 Å². The van der Waals surface area contributed by atoms with Gasteiger partial charge in [0.1, 0.15) is 18.1 Å². The number of aryl methyl sites for hydroxylation is 1. The average Bonchev–Trinajstić information content (AvgIpc) is 3.94. The van der Waals surface area contributed by atoms with Crippen molar-refractivity contribution < 1.29 is 43.3 Å². The normalized spacial score (nSPS) is 13.3. The molecule has 4 rings (SSSR count). The van der Waals surface area contributed by atoms with E-state index in [1.165, 1.54) is 13.0 Å². The summed E-state index contributed by atoms with van der Waals surface area (Å²) < 4.78 is 15.4. The molecule has 0 bridgehead atoms. The van der Waals surface area contributed by atoms with Crippen LogP contribution in [-0.2, 0) is 25.4 Å². The third kappa shape index (κ3) is 10.4. The fourth-order valence-corrected chi connectivity index (χ4v) is 4.94. The Labute approximate surface area is 295 Å². The molecule has 0 radical (unpaired) electrons. The standard InChI is InChI=1S/C38H42N4O9/c1-6-26-19-30(32(44)18-24-9-11-27(12-10-24)34(39)42-38(48)49-16-15-43)29(17-22(26)4)28-13-14-31(35(45)40-20-25-7-8-25)41-33(28)37(47)51-23(5)50-36(46)21(2)3/h6,9-14,17,19,21,23,25,43H,1,7-8,15-16,18,20H2,2-5H3,(H,40,45)(H2,39,42,48). The van der Waals surface area contributed by atoms with Crippen LogP contribution in [0.5, 0.6) is 0 Å². The van der Waals surface area contributed by atoms with Crippen LogP contribution >= 0.6 is 0 Å². The number of carbonyl (C=O) groups excluding carboxylic acids is 5. The number of ketones is 1. The Morgan fingerprint density at radius 1 is 1.04 bits per heavy atom. The van der Waals surface area contributed by atoms with E-state index in [1.54, 1.807) is 62.4 Å². The topological polar surface area (TPSA) is 197 Å². The number of hydrogen-bond donors (Lipinski definition) is 3. The fourth-order valence-electron chi connectivity index (χ4n) is 4.94. The predicted octanol–water partition coefficient (Wildman–Crippen LogP) is 4.80. The molecule has 1 aliphatic rings. The summed E-state index contributed by atoms with van der Waals surface area (Å²) in [6, 6.07) is 13.0. The summed E-state index contributed by atoms with van der Waals surface area (Å²) in [4.78, 5) is 72.7. The molecule has 1 aliphatic carbocycles. The number of nitrogens with one attached hydrogen (secondary N) is 1. The van der Waals surface area contributed by atoms with Crippen LogP contribution in [0.4, 0.5) is 4.79 Å².